The molecule has 1 rings (SSSR count). The second-order valence-corrected chi connectivity index (χ2v) is 4.18. The van der Waals surface area contributed by atoms with E-state index < -0.39 is 23.9 Å². The SMILES string of the molecule is C=CC(=O)OOC(=O)c1ccc(C(=O)OOC(=O)C=C)c(CC)c1. The fourth-order valence-electron chi connectivity index (χ4n) is 1.53. The molecule has 0 fully saturated rings. The maximum absolute atomic E-state index is 11.8. The Morgan fingerprint density at radius 1 is 0.917 bits per heavy atom. The fraction of sp³-hybridized carbons (Fsp3) is 0.125. The molecule has 0 heterocycles. The predicted octanol–water partition coefficient (Wildman–Crippen LogP) is 1.85. The van der Waals surface area contributed by atoms with Gasteiger partial charge >= 0.3 is 23.9 Å². The van der Waals surface area contributed by atoms with E-state index in [2.05, 4.69) is 32.7 Å². The van der Waals surface area contributed by atoms with E-state index in [1.54, 1.807) is 6.92 Å². The number of hydrogen-bond acceptors (Lipinski definition) is 8. The molecule has 1 aromatic carbocycles. The van der Waals surface area contributed by atoms with E-state index in [1.165, 1.54) is 18.2 Å². The summed E-state index contributed by atoms with van der Waals surface area (Å²) in [7, 11) is 0. The second kappa shape index (κ2) is 8.89. The fourth-order valence-corrected chi connectivity index (χ4v) is 1.53. The number of carbonyl (C=O) groups is 4. The Balaban J connectivity index is 2.87. The van der Waals surface area contributed by atoms with Crippen molar-refractivity contribution in [2.75, 3.05) is 0 Å². The van der Waals surface area contributed by atoms with E-state index in [0.717, 1.165) is 12.2 Å². The first-order valence-electron chi connectivity index (χ1n) is 6.66. The van der Waals surface area contributed by atoms with Gasteiger partial charge in [-0.1, -0.05) is 20.1 Å². The van der Waals surface area contributed by atoms with Crippen LogP contribution in [-0.2, 0) is 35.6 Å². The van der Waals surface area contributed by atoms with E-state index in [-0.39, 0.29) is 11.1 Å². The highest BCUT2D eigenvalue weighted by molar-refractivity contribution is 5.95. The summed E-state index contributed by atoms with van der Waals surface area (Å²) in [6.45, 7) is 8.03. The molecule has 0 radical (unpaired) electrons. The number of carbonyl (C=O) groups excluding carboxylic acids is 4. The van der Waals surface area contributed by atoms with Gasteiger partial charge in [-0.25, -0.2) is 38.7 Å². The summed E-state index contributed by atoms with van der Waals surface area (Å²) in [6, 6.07) is 3.90. The molecule has 0 saturated carbocycles. The lowest BCUT2D eigenvalue weighted by molar-refractivity contribution is -0.228. The molecular formula is C16H14O8. The van der Waals surface area contributed by atoms with Crippen molar-refractivity contribution in [3.8, 4) is 0 Å². The Labute approximate surface area is 137 Å². The maximum atomic E-state index is 11.8. The third kappa shape index (κ3) is 5.09. The zero-order valence-corrected chi connectivity index (χ0v) is 12.8. The number of hydrogen-bond donors (Lipinski definition) is 0. The van der Waals surface area contributed by atoms with Gasteiger partial charge in [0.1, 0.15) is 0 Å². The van der Waals surface area contributed by atoms with Gasteiger partial charge in [0.15, 0.2) is 0 Å². The summed E-state index contributed by atoms with van der Waals surface area (Å²) in [5, 5.41) is 0. The first-order valence-corrected chi connectivity index (χ1v) is 6.66. The molecule has 0 saturated heterocycles. The minimum Gasteiger partial charge on any atom is -0.242 e. The first-order chi connectivity index (χ1) is 11.4. The van der Waals surface area contributed by atoms with E-state index in [4.69, 9.17) is 0 Å². The van der Waals surface area contributed by atoms with Crippen molar-refractivity contribution in [2.24, 2.45) is 0 Å². The molecule has 0 amide bonds. The van der Waals surface area contributed by atoms with Gasteiger partial charge in [0.25, 0.3) is 0 Å². The van der Waals surface area contributed by atoms with Crippen LogP contribution >= 0.6 is 0 Å². The molecule has 24 heavy (non-hydrogen) atoms. The largest absolute Gasteiger partial charge is 0.386 e. The average Bonchev–Trinajstić information content (AvgIpc) is 2.62. The third-order valence-corrected chi connectivity index (χ3v) is 2.67. The van der Waals surface area contributed by atoms with Gasteiger partial charge in [-0.15, -0.1) is 0 Å². The molecule has 0 aliphatic carbocycles. The molecule has 0 unspecified atom stereocenters. The Morgan fingerprint density at radius 2 is 1.46 bits per heavy atom. The Morgan fingerprint density at radius 3 is 1.96 bits per heavy atom. The predicted molar refractivity (Wildman–Crippen MR) is 79.2 cm³/mol. The highest BCUT2D eigenvalue weighted by Crippen LogP contribution is 2.16. The molecule has 8 nitrogen and oxygen atoms in total. The van der Waals surface area contributed by atoms with Crippen LogP contribution in [0.2, 0.25) is 0 Å². The molecule has 0 bridgehead atoms. The summed E-state index contributed by atoms with van der Waals surface area (Å²) in [5.41, 5.74) is 0.566. The first kappa shape index (κ1) is 18.6. The topological polar surface area (TPSA) is 105 Å². The van der Waals surface area contributed by atoms with Crippen molar-refractivity contribution >= 4 is 23.9 Å². The van der Waals surface area contributed by atoms with Crippen molar-refractivity contribution < 1.29 is 38.7 Å². The van der Waals surface area contributed by atoms with Crippen LogP contribution in [0, 0.1) is 0 Å². The van der Waals surface area contributed by atoms with E-state index in [0.29, 0.717) is 12.0 Å². The van der Waals surface area contributed by atoms with Gasteiger partial charge in [-0.3, -0.25) is 0 Å². The Bertz CT molecular complexity index is 689. The monoisotopic (exact) mass is 334 g/mol. The summed E-state index contributed by atoms with van der Waals surface area (Å²) < 4.78 is 0. The van der Waals surface area contributed by atoms with Crippen molar-refractivity contribution in [3.05, 3.63) is 60.2 Å². The van der Waals surface area contributed by atoms with Gasteiger partial charge in [0.05, 0.1) is 11.1 Å². The summed E-state index contributed by atoms with van der Waals surface area (Å²) in [4.78, 5) is 62.3. The van der Waals surface area contributed by atoms with Crippen LogP contribution in [0.5, 0.6) is 0 Å². The van der Waals surface area contributed by atoms with Crippen LogP contribution in [0.4, 0.5) is 0 Å². The van der Waals surface area contributed by atoms with Crippen molar-refractivity contribution in [3.63, 3.8) is 0 Å². The minimum absolute atomic E-state index is 0.0448. The zero-order valence-electron chi connectivity index (χ0n) is 12.8. The molecule has 1 aromatic rings. The van der Waals surface area contributed by atoms with Gasteiger partial charge < -0.3 is 0 Å². The zero-order chi connectivity index (χ0) is 18.1. The van der Waals surface area contributed by atoms with Crippen LogP contribution in [0.3, 0.4) is 0 Å². The molecule has 126 valence electrons. The molecule has 0 aliphatic heterocycles. The van der Waals surface area contributed by atoms with Crippen LogP contribution in [0.1, 0.15) is 33.2 Å². The Hall–Kier alpha value is -3.42. The molecule has 0 spiro atoms. The third-order valence-electron chi connectivity index (χ3n) is 2.67. The highest BCUT2D eigenvalue weighted by atomic mass is 17.2. The molecule has 0 aliphatic rings. The standard InChI is InChI=1S/C16H14O8/c1-4-10-9-11(15(19)23-21-13(17)5-2)7-8-12(10)16(20)24-22-14(18)6-3/h5-9H,2-4H2,1H3. The molecule has 0 N–H and O–H groups in total. The van der Waals surface area contributed by atoms with Gasteiger partial charge in [-0.2, -0.15) is 0 Å². The van der Waals surface area contributed by atoms with Crippen molar-refractivity contribution in [1.29, 1.82) is 0 Å². The minimum atomic E-state index is -0.932. The maximum Gasteiger partial charge on any atom is 0.386 e. The normalized spacial score (nSPS) is 9.38. The van der Waals surface area contributed by atoms with Crippen LogP contribution < -0.4 is 0 Å². The van der Waals surface area contributed by atoms with Crippen LogP contribution in [-0.4, -0.2) is 23.9 Å². The second-order valence-electron chi connectivity index (χ2n) is 4.18. The molecule has 0 aromatic heterocycles. The van der Waals surface area contributed by atoms with Crippen molar-refractivity contribution in [2.45, 2.75) is 13.3 Å². The molecular weight excluding hydrogens is 320 g/mol. The number of benzene rings is 1. The van der Waals surface area contributed by atoms with E-state index in [1.807, 2.05) is 0 Å². The summed E-state index contributed by atoms with van der Waals surface area (Å²) in [6.07, 6.45) is 2.03. The average molecular weight is 334 g/mol. The van der Waals surface area contributed by atoms with E-state index in [9.17, 15) is 19.2 Å². The van der Waals surface area contributed by atoms with Crippen LogP contribution in [0.15, 0.2) is 43.5 Å². The van der Waals surface area contributed by atoms with Crippen LogP contribution in [0.25, 0.3) is 0 Å². The highest BCUT2D eigenvalue weighted by Gasteiger charge is 2.18. The van der Waals surface area contributed by atoms with Crippen molar-refractivity contribution in [1.82, 2.24) is 0 Å². The lowest BCUT2D eigenvalue weighted by atomic mass is 10.0. The molecule has 8 heteroatoms. The quantitative estimate of drug-likeness (QED) is 0.456. The smallest absolute Gasteiger partial charge is 0.242 e. The van der Waals surface area contributed by atoms with Gasteiger partial charge in [-0.05, 0) is 30.2 Å². The summed E-state index contributed by atoms with van der Waals surface area (Å²) in [5.74, 6) is -3.70. The Kier molecular flexibility index (Phi) is 6.90. The lowest BCUT2D eigenvalue weighted by Crippen LogP contribution is -2.14. The molecule has 0 atom stereocenters. The number of aryl methyl sites for hydroxylation is 1. The van der Waals surface area contributed by atoms with Gasteiger partial charge in [0, 0.05) is 12.2 Å². The summed E-state index contributed by atoms with van der Waals surface area (Å²) >= 11 is 0. The number of rotatable bonds is 5. The lowest BCUT2D eigenvalue weighted by Gasteiger charge is -2.08. The van der Waals surface area contributed by atoms with E-state index >= 15 is 0 Å². The van der Waals surface area contributed by atoms with Gasteiger partial charge in [0.2, 0.25) is 0 Å².